The Morgan fingerprint density at radius 3 is 2.31 bits per heavy atom. The summed E-state index contributed by atoms with van der Waals surface area (Å²) in [5, 5.41) is 0. The number of nitrogens with zero attached hydrogens (tertiary/aromatic N) is 1. The molecule has 0 N–H and O–H groups in total. The van der Waals surface area contributed by atoms with E-state index in [0.717, 1.165) is 0 Å². The van der Waals surface area contributed by atoms with E-state index in [4.69, 9.17) is 0 Å². The van der Waals surface area contributed by atoms with Crippen LogP contribution in [0.1, 0.15) is 0 Å². The van der Waals surface area contributed by atoms with Crippen molar-refractivity contribution >= 4 is 18.9 Å². The molecular weight excluding hydrogens is 237 g/mol. The Morgan fingerprint density at radius 1 is 1.46 bits per heavy atom. The molecule has 4 nitrogen and oxygen atoms in total. The quantitative estimate of drug-likeness (QED) is 0.517. The maximum atomic E-state index is 12.6. The maximum Gasteiger partial charge on any atom is 0.486 e. The molecule has 1 aliphatic rings. The van der Waals surface area contributed by atoms with E-state index in [2.05, 4.69) is 4.18 Å². The predicted molar refractivity (Wildman–Crippen MR) is 35.6 cm³/mol. The molecular formula is C3H4F4NO3PS. The average molecular weight is 241 g/mol. The summed E-state index contributed by atoms with van der Waals surface area (Å²) in [6.07, 6.45) is 0. The molecule has 1 rings (SSSR count). The van der Waals surface area contributed by atoms with E-state index < -0.39 is 31.3 Å². The Balaban J connectivity index is 2.93. The molecule has 1 saturated heterocycles. The van der Waals surface area contributed by atoms with E-state index in [-0.39, 0.29) is 10.7 Å². The van der Waals surface area contributed by atoms with Gasteiger partial charge in [-0.05, 0) is 0 Å². The van der Waals surface area contributed by atoms with Gasteiger partial charge in [-0.1, -0.05) is 0 Å². The highest BCUT2D eigenvalue weighted by Crippen LogP contribution is 2.66. The van der Waals surface area contributed by atoms with Crippen molar-refractivity contribution in [2.75, 3.05) is 13.2 Å². The molecule has 78 valence electrons. The summed E-state index contributed by atoms with van der Waals surface area (Å²) >= 11 is -2.60. The van der Waals surface area contributed by atoms with Crippen LogP contribution in [-0.4, -0.2) is 27.4 Å². The molecule has 0 amide bonds. The number of alkyl halides is 3. The minimum Gasteiger partial charge on any atom is -0.276 e. The second kappa shape index (κ2) is 3.30. The third kappa shape index (κ3) is 1.93. The zero-order valence-electron chi connectivity index (χ0n) is 5.95. The minimum absolute atomic E-state index is 0.312. The lowest BCUT2D eigenvalue weighted by Gasteiger charge is -2.18. The molecule has 0 aromatic rings. The van der Waals surface area contributed by atoms with Crippen molar-refractivity contribution in [1.29, 1.82) is 0 Å². The minimum atomic E-state index is -6.07. The van der Waals surface area contributed by atoms with Crippen LogP contribution in [0.15, 0.2) is 0 Å². The first-order chi connectivity index (χ1) is 5.77. The molecule has 1 fully saturated rings. The molecule has 0 radical (unpaired) electrons. The van der Waals surface area contributed by atoms with Crippen molar-refractivity contribution in [2.45, 2.75) is 5.92 Å². The molecule has 0 aromatic heterocycles. The summed E-state index contributed by atoms with van der Waals surface area (Å²) in [5.41, 5.74) is 0. The number of hydrogen-bond donors (Lipinski definition) is 0. The van der Waals surface area contributed by atoms with Crippen LogP contribution in [0.5, 0.6) is 0 Å². The van der Waals surface area contributed by atoms with Gasteiger partial charge < -0.3 is 0 Å². The van der Waals surface area contributed by atoms with Crippen LogP contribution in [-0.2, 0) is 20.0 Å². The monoisotopic (exact) mass is 241 g/mol. The van der Waals surface area contributed by atoms with Crippen LogP contribution in [0.25, 0.3) is 0 Å². The van der Waals surface area contributed by atoms with Gasteiger partial charge in [-0.25, -0.2) is 4.21 Å². The fourth-order valence-electron chi connectivity index (χ4n) is 0.663. The van der Waals surface area contributed by atoms with Gasteiger partial charge >= 0.3 is 13.5 Å². The molecule has 2 atom stereocenters. The highest BCUT2D eigenvalue weighted by Gasteiger charge is 2.60. The molecule has 2 unspecified atom stereocenters. The van der Waals surface area contributed by atoms with Crippen molar-refractivity contribution in [2.24, 2.45) is 0 Å². The standard InChI is InChI=1S/C3H4F4NO3PS/c4-3(5,6)12(7,9)8-1-2-11-13(8)10/h1-2H2. The first-order valence-electron chi connectivity index (χ1n) is 2.96. The number of rotatable bonds is 1. The lowest BCUT2D eigenvalue weighted by atomic mass is 10.8. The fraction of sp³-hybridized carbons (Fsp3) is 1.00. The summed E-state index contributed by atoms with van der Waals surface area (Å²) in [5.74, 6) is -5.52. The Morgan fingerprint density at radius 2 is 2.00 bits per heavy atom. The largest absolute Gasteiger partial charge is 0.486 e. The van der Waals surface area contributed by atoms with Crippen molar-refractivity contribution in [3.8, 4) is 0 Å². The lowest BCUT2D eigenvalue weighted by Crippen LogP contribution is -2.24. The molecule has 1 aliphatic heterocycles. The topological polar surface area (TPSA) is 46.6 Å². The summed E-state index contributed by atoms with van der Waals surface area (Å²) in [4.78, 5) is 0. The van der Waals surface area contributed by atoms with Crippen molar-refractivity contribution < 1.29 is 30.3 Å². The van der Waals surface area contributed by atoms with Gasteiger partial charge in [0, 0.05) is 6.54 Å². The first-order valence-corrected chi connectivity index (χ1v) is 5.55. The number of hydrogen-bond acceptors (Lipinski definition) is 3. The van der Waals surface area contributed by atoms with Crippen LogP contribution in [0.4, 0.5) is 17.4 Å². The summed E-state index contributed by atoms with van der Waals surface area (Å²) in [6.45, 7) is -0.934. The smallest absolute Gasteiger partial charge is 0.276 e. The second-order valence-electron chi connectivity index (χ2n) is 2.08. The number of halogens is 4. The van der Waals surface area contributed by atoms with Gasteiger partial charge in [-0.3, -0.25) is 8.75 Å². The first kappa shape index (κ1) is 11.1. The normalized spacial score (nSPS) is 30.3. The Hall–Kier alpha value is 0.0200. The van der Waals surface area contributed by atoms with Crippen LogP contribution >= 0.6 is 7.60 Å². The van der Waals surface area contributed by atoms with E-state index in [0.29, 0.717) is 0 Å². The van der Waals surface area contributed by atoms with Gasteiger partial charge in [0.25, 0.3) is 0 Å². The van der Waals surface area contributed by atoms with Gasteiger partial charge in [0.1, 0.15) is 0 Å². The summed E-state index contributed by atoms with van der Waals surface area (Å²) in [7, 11) is -6.07. The predicted octanol–water partition coefficient (Wildman–Crippen LogP) is 1.58. The van der Waals surface area contributed by atoms with E-state index in [9.17, 15) is 26.1 Å². The van der Waals surface area contributed by atoms with Crippen LogP contribution in [0.2, 0.25) is 0 Å². The fourth-order valence-corrected chi connectivity index (χ4v) is 2.92. The molecule has 0 bridgehead atoms. The zero-order valence-corrected chi connectivity index (χ0v) is 7.66. The van der Waals surface area contributed by atoms with E-state index in [1.54, 1.807) is 0 Å². The van der Waals surface area contributed by atoms with E-state index in [1.165, 1.54) is 0 Å². The maximum absolute atomic E-state index is 12.6. The van der Waals surface area contributed by atoms with Gasteiger partial charge in [-0.2, -0.15) is 17.4 Å². The molecule has 13 heavy (non-hydrogen) atoms. The van der Waals surface area contributed by atoms with E-state index >= 15 is 0 Å². The molecule has 0 spiro atoms. The molecule has 0 saturated carbocycles. The Labute approximate surface area is 73.2 Å². The van der Waals surface area contributed by atoms with Gasteiger partial charge in [-0.15, -0.1) is 4.08 Å². The Bertz CT molecular complexity index is 280. The van der Waals surface area contributed by atoms with Crippen molar-refractivity contribution in [3.05, 3.63) is 0 Å². The molecule has 10 heteroatoms. The molecule has 0 aliphatic carbocycles. The highest BCUT2D eigenvalue weighted by molar-refractivity contribution is 7.86. The van der Waals surface area contributed by atoms with Crippen LogP contribution in [0.3, 0.4) is 0 Å². The van der Waals surface area contributed by atoms with Crippen molar-refractivity contribution in [1.82, 2.24) is 4.08 Å². The zero-order chi connectivity index (χ0) is 10.3. The van der Waals surface area contributed by atoms with Gasteiger partial charge in [0.05, 0.1) is 6.61 Å². The van der Waals surface area contributed by atoms with Crippen LogP contribution in [0, 0.1) is 0 Å². The summed E-state index contributed by atoms with van der Waals surface area (Å²) in [6, 6.07) is 0. The van der Waals surface area contributed by atoms with E-state index in [1.807, 2.05) is 0 Å². The Kier molecular flexibility index (Phi) is 2.82. The van der Waals surface area contributed by atoms with Crippen molar-refractivity contribution in [3.63, 3.8) is 0 Å². The molecule has 0 aromatic carbocycles. The third-order valence-corrected chi connectivity index (χ3v) is 4.56. The summed E-state index contributed by atoms with van der Waals surface area (Å²) < 4.78 is 72.9. The highest BCUT2D eigenvalue weighted by atomic mass is 32.2. The van der Waals surface area contributed by atoms with Gasteiger partial charge in [0.15, 0.2) is 0 Å². The SMILES string of the molecule is O=S1OCCN1P(=O)(F)C(F)(F)F. The van der Waals surface area contributed by atoms with Gasteiger partial charge in [0.2, 0.25) is 11.3 Å². The third-order valence-electron chi connectivity index (χ3n) is 1.24. The van der Waals surface area contributed by atoms with Crippen LogP contribution < -0.4 is 0 Å². The second-order valence-corrected chi connectivity index (χ2v) is 5.46. The lowest BCUT2D eigenvalue weighted by molar-refractivity contribution is -0.0557. The molecule has 1 heterocycles. The average Bonchev–Trinajstić information content (AvgIpc) is 2.32.